The maximum Gasteiger partial charge on any atom is 0.219 e. The van der Waals surface area contributed by atoms with E-state index < -0.39 is 6.10 Å². The zero-order valence-electron chi connectivity index (χ0n) is 14.1. The summed E-state index contributed by atoms with van der Waals surface area (Å²) in [5.74, 6) is 0.0452. The predicted octanol–water partition coefficient (Wildman–Crippen LogP) is 1.88. The fourth-order valence-corrected chi connectivity index (χ4v) is 3.80. The molecule has 24 heavy (non-hydrogen) atoms. The quantitative estimate of drug-likeness (QED) is 0.873. The fourth-order valence-electron chi connectivity index (χ4n) is 3.67. The molecular weight excluding hydrogens is 326 g/mol. The van der Waals surface area contributed by atoms with Crippen molar-refractivity contribution in [3.8, 4) is 0 Å². The number of aliphatic hydroxyl groups is 1. The number of carbonyl (C=O) groups excluding carboxylic acids is 1. The van der Waals surface area contributed by atoms with Crippen LogP contribution in [0.1, 0.15) is 26.2 Å². The number of nitrogens with one attached hydrogen (secondary N) is 1. The van der Waals surface area contributed by atoms with Gasteiger partial charge in [-0.1, -0.05) is 11.6 Å². The van der Waals surface area contributed by atoms with Crippen molar-refractivity contribution in [1.82, 2.24) is 10.2 Å². The molecule has 2 N–H and O–H groups in total. The normalized spacial score (nSPS) is 25.8. The van der Waals surface area contributed by atoms with Gasteiger partial charge in [0.2, 0.25) is 5.91 Å². The monoisotopic (exact) mass is 351 g/mol. The summed E-state index contributed by atoms with van der Waals surface area (Å²) in [5, 5.41) is 14.7. The van der Waals surface area contributed by atoms with Crippen molar-refractivity contribution >= 4 is 23.2 Å². The average molecular weight is 352 g/mol. The highest BCUT2D eigenvalue weighted by Gasteiger charge is 2.31. The lowest BCUT2D eigenvalue weighted by Crippen LogP contribution is -2.57. The Morgan fingerprint density at radius 3 is 2.42 bits per heavy atom. The molecule has 1 aromatic carbocycles. The van der Waals surface area contributed by atoms with Crippen molar-refractivity contribution in [2.75, 3.05) is 31.1 Å². The Kier molecular flexibility index (Phi) is 5.64. The molecule has 6 heteroatoms. The third-order valence-corrected chi connectivity index (χ3v) is 5.42. The number of carbonyl (C=O) groups is 1. The van der Waals surface area contributed by atoms with Gasteiger partial charge in [0.15, 0.2) is 0 Å². The van der Waals surface area contributed by atoms with E-state index in [4.69, 9.17) is 11.6 Å². The predicted molar refractivity (Wildman–Crippen MR) is 96.5 cm³/mol. The molecule has 5 nitrogen and oxygen atoms in total. The Hall–Kier alpha value is -1.30. The van der Waals surface area contributed by atoms with E-state index in [1.54, 1.807) is 11.8 Å². The van der Waals surface area contributed by atoms with Crippen molar-refractivity contribution in [2.24, 2.45) is 0 Å². The molecule has 1 amide bonds. The molecule has 0 saturated carbocycles. The number of hydrogen-bond acceptors (Lipinski definition) is 4. The Morgan fingerprint density at radius 1 is 1.17 bits per heavy atom. The molecule has 2 aliphatic heterocycles. The number of benzene rings is 1. The fraction of sp³-hybridized carbons (Fsp3) is 0.611. The highest BCUT2D eigenvalue weighted by Crippen LogP contribution is 2.23. The smallest absolute Gasteiger partial charge is 0.219 e. The molecule has 2 fully saturated rings. The zero-order chi connectivity index (χ0) is 17.1. The second-order valence-corrected chi connectivity index (χ2v) is 7.27. The summed E-state index contributed by atoms with van der Waals surface area (Å²) in [7, 11) is 0. The van der Waals surface area contributed by atoms with Crippen LogP contribution in [0.5, 0.6) is 0 Å². The first kappa shape index (κ1) is 17.5. The average Bonchev–Trinajstić information content (AvgIpc) is 2.58. The lowest BCUT2D eigenvalue weighted by Gasteiger charge is -2.40. The van der Waals surface area contributed by atoms with Gasteiger partial charge in [-0.05, 0) is 43.5 Å². The summed E-state index contributed by atoms with van der Waals surface area (Å²) in [6.07, 6.45) is 2.46. The standard InChI is InChI=1S/C18H26ClN3O2/c1-13(23)22-11-8-17(18(24)12-22)20-15-6-9-21(10-7-15)16-4-2-14(19)3-5-16/h2-5,15,17-18,20,24H,6-12H2,1H3/t17-,18-/m1/s1. The summed E-state index contributed by atoms with van der Waals surface area (Å²) >= 11 is 5.95. The number of piperidine rings is 2. The highest BCUT2D eigenvalue weighted by molar-refractivity contribution is 6.30. The van der Waals surface area contributed by atoms with Gasteiger partial charge in [0.05, 0.1) is 6.10 Å². The number of amides is 1. The first-order valence-electron chi connectivity index (χ1n) is 8.73. The van der Waals surface area contributed by atoms with E-state index >= 15 is 0 Å². The Labute approximate surface area is 148 Å². The molecule has 132 valence electrons. The minimum atomic E-state index is -0.475. The molecule has 2 saturated heterocycles. The van der Waals surface area contributed by atoms with Crippen LogP contribution in [-0.2, 0) is 4.79 Å². The van der Waals surface area contributed by atoms with Crippen LogP contribution >= 0.6 is 11.6 Å². The van der Waals surface area contributed by atoms with Gasteiger partial charge in [0.25, 0.3) is 0 Å². The number of aliphatic hydroxyl groups excluding tert-OH is 1. The number of likely N-dealkylation sites (tertiary alicyclic amines) is 1. The Bertz CT molecular complexity index is 558. The van der Waals surface area contributed by atoms with Crippen LogP contribution in [0.2, 0.25) is 5.02 Å². The van der Waals surface area contributed by atoms with Crippen LogP contribution < -0.4 is 10.2 Å². The first-order chi connectivity index (χ1) is 11.5. The maximum absolute atomic E-state index is 11.4. The molecule has 0 bridgehead atoms. The molecule has 0 unspecified atom stereocenters. The molecule has 0 spiro atoms. The van der Waals surface area contributed by atoms with Crippen molar-refractivity contribution < 1.29 is 9.90 Å². The van der Waals surface area contributed by atoms with Crippen molar-refractivity contribution in [3.05, 3.63) is 29.3 Å². The van der Waals surface area contributed by atoms with Crippen molar-refractivity contribution in [2.45, 2.75) is 44.4 Å². The lowest BCUT2D eigenvalue weighted by atomic mass is 9.97. The van der Waals surface area contributed by atoms with E-state index in [2.05, 4.69) is 22.3 Å². The van der Waals surface area contributed by atoms with Gasteiger partial charge in [-0.2, -0.15) is 0 Å². The number of anilines is 1. The number of halogens is 1. The molecule has 0 radical (unpaired) electrons. The number of rotatable bonds is 3. The zero-order valence-corrected chi connectivity index (χ0v) is 14.9. The summed E-state index contributed by atoms with van der Waals surface area (Å²) in [6.45, 7) is 4.74. The number of hydrogen-bond donors (Lipinski definition) is 2. The van der Waals surface area contributed by atoms with E-state index in [9.17, 15) is 9.90 Å². The molecule has 3 rings (SSSR count). The van der Waals surface area contributed by atoms with E-state index in [-0.39, 0.29) is 11.9 Å². The van der Waals surface area contributed by atoms with Crippen LogP contribution in [-0.4, -0.2) is 60.3 Å². The van der Waals surface area contributed by atoms with Crippen molar-refractivity contribution in [3.63, 3.8) is 0 Å². The van der Waals surface area contributed by atoms with E-state index in [1.165, 1.54) is 5.69 Å². The lowest BCUT2D eigenvalue weighted by molar-refractivity contribution is -0.132. The molecule has 1 aromatic rings. The van der Waals surface area contributed by atoms with Gasteiger partial charge in [-0.25, -0.2) is 0 Å². The third kappa shape index (κ3) is 4.21. The van der Waals surface area contributed by atoms with Crippen molar-refractivity contribution in [1.29, 1.82) is 0 Å². The Morgan fingerprint density at radius 2 is 1.83 bits per heavy atom. The number of β-amino-alcohol motifs (C(OH)–C–C–N with tert-alkyl or cyclic N) is 1. The SMILES string of the molecule is CC(=O)N1CC[C@@H](NC2CCN(c3ccc(Cl)cc3)CC2)[C@H](O)C1. The van der Waals surface area contributed by atoms with Gasteiger partial charge in [-0.15, -0.1) is 0 Å². The second kappa shape index (κ2) is 7.72. The number of nitrogens with zero attached hydrogens (tertiary/aromatic N) is 2. The van der Waals surface area contributed by atoms with Crippen LogP contribution in [0.25, 0.3) is 0 Å². The van der Waals surface area contributed by atoms with Crippen LogP contribution in [0.3, 0.4) is 0 Å². The van der Waals surface area contributed by atoms with E-state index in [1.807, 2.05) is 12.1 Å². The van der Waals surface area contributed by atoms with Gasteiger partial charge >= 0.3 is 0 Å². The molecule has 0 aliphatic carbocycles. The van der Waals surface area contributed by atoms with E-state index in [0.29, 0.717) is 12.6 Å². The molecule has 2 heterocycles. The molecule has 2 aliphatic rings. The summed E-state index contributed by atoms with van der Waals surface area (Å²) in [5.41, 5.74) is 1.22. The Balaban J connectivity index is 1.47. The summed E-state index contributed by atoms with van der Waals surface area (Å²) in [6, 6.07) is 8.51. The maximum atomic E-state index is 11.4. The summed E-state index contributed by atoms with van der Waals surface area (Å²) in [4.78, 5) is 15.5. The van der Waals surface area contributed by atoms with Gasteiger partial charge in [-0.3, -0.25) is 4.79 Å². The van der Waals surface area contributed by atoms with Gasteiger partial charge in [0.1, 0.15) is 0 Å². The summed E-state index contributed by atoms with van der Waals surface area (Å²) < 4.78 is 0. The minimum absolute atomic E-state index is 0.0452. The topological polar surface area (TPSA) is 55.8 Å². The first-order valence-corrected chi connectivity index (χ1v) is 9.11. The molecule has 0 aromatic heterocycles. The third-order valence-electron chi connectivity index (χ3n) is 5.16. The van der Waals surface area contributed by atoms with Crippen LogP contribution in [0, 0.1) is 0 Å². The molecular formula is C18H26ClN3O2. The molecule has 2 atom stereocenters. The van der Waals surface area contributed by atoms with Gasteiger partial charge < -0.3 is 20.2 Å². The van der Waals surface area contributed by atoms with Crippen LogP contribution in [0.4, 0.5) is 5.69 Å². The second-order valence-electron chi connectivity index (χ2n) is 6.83. The minimum Gasteiger partial charge on any atom is -0.390 e. The van der Waals surface area contributed by atoms with Crippen LogP contribution in [0.15, 0.2) is 24.3 Å². The van der Waals surface area contributed by atoms with E-state index in [0.717, 1.165) is 43.9 Å². The van der Waals surface area contributed by atoms with Gasteiger partial charge in [0, 0.05) is 55.9 Å². The largest absolute Gasteiger partial charge is 0.390 e. The highest BCUT2D eigenvalue weighted by atomic mass is 35.5.